The third-order valence-corrected chi connectivity index (χ3v) is 6.07. The van der Waals surface area contributed by atoms with E-state index in [1.54, 1.807) is 11.3 Å². The Kier molecular flexibility index (Phi) is 4.45. The van der Waals surface area contributed by atoms with Gasteiger partial charge in [0.05, 0.1) is 5.56 Å². The van der Waals surface area contributed by atoms with Gasteiger partial charge in [0, 0.05) is 16.3 Å². The number of aryl methyl sites for hydroxylation is 1. The Bertz CT molecular complexity index is 479. The highest BCUT2D eigenvalue weighted by atomic mass is 32.1. The molecule has 1 amide bonds. The molecule has 2 nitrogen and oxygen atoms in total. The summed E-state index contributed by atoms with van der Waals surface area (Å²) in [5.74, 6) is 0.813. The molecule has 3 rings (SSSR count). The van der Waals surface area contributed by atoms with Crippen LogP contribution in [0.2, 0.25) is 0 Å². The minimum absolute atomic E-state index is 0.183. The first-order chi connectivity index (χ1) is 9.75. The van der Waals surface area contributed by atoms with Gasteiger partial charge in [0.1, 0.15) is 0 Å². The molecule has 2 atom stereocenters. The van der Waals surface area contributed by atoms with Crippen LogP contribution in [-0.4, -0.2) is 11.9 Å². The second kappa shape index (κ2) is 6.30. The van der Waals surface area contributed by atoms with Crippen molar-refractivity contribution in [2.75, 3.05) is 0 Å². The summed E-state index contributed by atoms with van der Waals surface area (Å²) in [6.45, 7) is 2.28. The van der Waals surface area contributed by atoms with Gasteiger partial charge in [0.2, 0.25) is 0 Å². The molecule has 0 radical (unpaired) electrons. The fraction of sp³-hybridized carbons (Fsp3) is 0.706. The van der Waals surface area contributed by atoms with Gasteiger partial charge in [-0.25, -0.2) is 0 Å². The summed E-state index contributed by atoms with van der Waals surface area (Å²) >= 11 is 1.80. The summed E-state index contributed by atoms with van der Waals surface area (Å²) in [5, 5.41) is 5.41. The Labute approximate surface area is 126 Å². The zero-order valence-corrected chi connectivity index (χ0v) is 13.2. The highest BCUT2D eigenvalue weighted by molar-refractivity contribution is 7.10. The molecule has 1 aromatic rings. The average molecular weight is 291 g/mol. The molecule has 0 aliphatic heterocycles. The Morgan fingerprint density at radius 1 is 1.15 bits per heavy atom. The molecule has 1 aromatic heterocycles. The highest BCUT2D eigenvalue weighted by Gasteiger charge is 2.25. The van der Waals surface area contributed by atoms with Crippen molar-refractivity contribution in [2.24, 2.45) is 5.92 Å². The summed E-state index contributed by atoms with van der Waals surface area (Å²) < 4.78 is 0. The standard InChI is InChI=1S/C17H25NOS/c1-12-7-5-6-9-15(12)18-17(19)14-11-20-16-10-4-2-3-8-13(14)16/h11-12,15H,2-10H2,1H3,(H,18,19)/t12-,15-/m1/s1. The van der Waals surface area contributed by atoms with Crippen LogP contribution in [0.5, 0.6) is 0 Å². The molecular formula is C17H25NOS. The van der Waals surface area contributed by atoms with Crippen LogP contribution in [0.25, 0.3) is 0 Å². The number of hydrogen-bond acceptors (Lipinski definition) is 2. The number of thiophene rings is 1. The van der Waals surface area contributed by atoms with Crippen LogP contribution in [0.3, 0.4) is 0 Å². The Hall–Kier alpha value is -0.830. The molecule has 0 aromatic carbocycles. The van der Waals surface area contributed by atoms with Gasteiger partial charge in [-0.2, -0.15) is 0 Å². The second-order valence-corrected chi connectivity index (χ2v) is 7.42. The number of nitrogens with one attached hydrogen (secondary N) is 1. The van der Waals surface area contributed by atoms with Gasteiger partial charge in [-0.15, -0.1) is 11.3 Å². The Morgan fingerprint density at radius 2 is 1.95 bits per heavy atom. The van der Waals surface area contributed by atoms with Crippen LogP contribution in [0.4, 0.5) is 0 Å². The van der Waals surface area contributed by atoms with Crippen LogP contribution in [0, 0.1) is 5.92 Å². The van der Waals surface area contributed by atoms with E-state index in [1.165, 1.54) is 55.4 Å². The van der Waals surface area contributed by atoms with E-state index < -0.39 is 0 Å². The first-order valence-electron chi connectivity index (χ1n) is 8.16. The van der Waals surface area contributed by atoms with E-state index in [9.17, 15) is 4.79 Å². The number of amides is 1. The predicted molar refractivity (Wildman–Crippen MR) is 84.5 cm³/mol. The predicted octanol–water partition coefficient (Wildman–Crippen LogP) is 4.33. The summed E-state index contributed by atoms with van der Waals surface area (Å²) in [7, 11) is 0. The quantitative estimate of drug-likeness (QED) is 0.808. The Balaban J connectivity index is 1.72. The lowest BCUT2D eigenvalue weighted by Crippen LogP contribution is -2.41. The summed E-state index contributed by atoms with van der Waals surface area (Å²) in [6, 6.07) is 0.387. The molecule has 0 bridgehead atoms. The fourth-order valence-electron chi connectivity index (χ4n) is 3.64. The molecule has 2 aliphatic carbocycles. The number of carbonyl (C=O) groups is 1. The lowest BCUT2D eigenvalue weighted by Gasteiger charge is -2.29. The zero-order valence-electron chi connectivity index (χ0n) is 12.4. The Morgan fingerprint density at radius 3 is 2.80 bits per heavy atom. The fourth-order valence-corrected chi connectivity index (χ4v) is 4.76. The molecular weight excluding hydrogens is 266 g/mol. The van der Waals surface area contributed by atoms with Gasteiger partial charge in [-0.05, 0) is 50.0 Å². The van der Waals surface area contributed by atoms with E-state index in [-0.39, 0.29) is 5.91 Å². The number of fused-ring (bicyclic) bond motifs is 1. The molecule has 0 unspecified atom stereocenters. The van der Waals surface area contributed by atoms with E-state index in [1.807, 2.05) is 0 Å². The second-order valence-electron chi connectivity index (χ2n) is 6.45. The molecule has 3 heteroatoms. The van der Waals surface area contributed by atoms with Crippen LogP contribution in [-0.2, 0) is 12.8 Å². The maximum Gasteiger partial charge on any atom is 0.252 e. The van der Waals surface area contributed by atoms with Gasteiger partial charge in [0.25, 0.3) is 5.91 Å². The van der Waals surface area contributed by atoms with E-state index in [4.69, 9.17) is 0 Å². The van der Waals surface area contributed by atoms with Crippen molar-refractivity contribution in [1.29, 1.82) is 0 Å². The largest absolute Gasteiger partial charge is 0.349 e. The van der Waals surface area contributed by atoms with E-state index in [0.717, 1.165) is 18.4 Å². The maximum absolute atomic E-state index is 12.6. The molecule has 1 saturated carbocycles. The third-order valence-electron chi connectivity index (χ3n) is 4.98. The lowest BCUT2D eigenvalue weighted by molar-refractivity contribution is 0.0910. The van der Waals surface area contributed by atoms with E-state index in [0.29, 0.717) is 12.0 Å². The van der Waals surface area contributed by atoms with Crippen LogP contribution < -0.4 is 5.32 Å². The van der Waals surface area contributed by atoms with E-state index >= 15 is 0 Å². The topological polar surface area (TPSA) is 29.1 Å². The van der Waals surface area contributed by atoms with Crippen molar-refractivity contribution < 1.29 is 4.79 Å². The molecule has 2 aliphatic rings. The van der Waals surface area contributed by atoms with E-state index in [2.05, 4.69) is 17.6 Å². The van der Waals surface area contributed by atoms with Gasteiger partial charge < -0.3 is 5.32 Å². The molecule has 0 saturated heterocycles. The molecule has 110 valence electrons. The van der Waals surface area contributed by atoms with Gasteiger partial charge in [0.15, 0.2) is 0 Å². The minimum atomic E-state index is 0.183. The molecule has 1 heterocycles. The number of carbonyl (C=O) groups excluding carboxylic acids is 1. The summed E-state index contributed by atoms with van der Waals surface area (Å²) in [4.78, 5) is 14.1. The first-order valence-corrected chi connectivity index (χ1v) is 9.04. The smallest absolute Gasteiger partial charge is 0.252 e. The van der Waals surface area contributed by atoms with Crippen LogP contribution in [0.15, 0.2) is 5.38 Å². The normalized spacial score (nSPS) is 26.6. The van der Waals surface area contributed by atoms with Crippen LogP contribution >= 0.6 is 11.3 Å². The van der Waals surface area contributed by atoms with Crippen molar-refractivity contribution >= 4 is 17.2 Å². The average Bonchev–Trinajstić information content (AvgIpc) is 2.71. The maximum atomic E-state index is 12.6. The summed E-state index contributed by atoms with van der Waals surface area (Å²) in [5.41, 5.74) is 2.33. The zero-order chi connectivity index (χ0) is 13.9. The molecule has 0 spiro atoms. The van der Waals surface area contributed by atoms with Gasteiger partial charge in [-0.3, -0.25) is 4.79 Å². The molecule has 1 N–H and O–H groups in total. The van der Waals surface area contributed by atoms with Crippen molar-refractivity contribution in [3.63, 3.8) is 0 Å². The van der Waals surface area contributed by atoms with Gasteiger partial charge in [-0.1, -0.05) is 26.2 Å². The van der Waals surface area contributed by atoms with Crippen molar-refractivity contribution in [3.05, 3.63) is 21.4 Å². The molecule has 1 fully saturated rings. The highest BCUT2D eigenvalue weighted by Crippen LogP contribution is 2.30. The third kappa shape index (κ3) is 2.93. The minimum Gasteiger partial charge on any atom is -0.349 e. The monoisotopic (exact) mass is 291 g/mol. The van der Waals surface area contributed by atoms with Gasteiger partial charge >= 0.3 is 0 Å². The SMILES string of the molecule is C[C@@H]1CCCC[C@H]1NC(=O)c1csc2c1CCCCC2. The lowest BCUT2D eigenvalue weighted by atomic mass is 9.86. The van der Waals surface area contributed by atoms with Crippen molar-refractivity contribution in [3.8, 4) is 0 Å². The van der Waals surface area contributed by atoms with Crippen molar-refractivity contribution in [2.45, 2.75) is 70.8 Å². The van der Waals surface area contributed by atoms with Crippen molar-refractivity contribution in [1.82, 2.24) is 5.32 Å². The number of rotatable bonds is 2. The number of hydrogen-bond donors (Lipinski definition) is 1. The van der Waals surface area contributed by atoms with Crippen LogP contribution in [0.1, 0.15) is 72.7 Å². The summed E-state index contributed by atoms with van der Waals surface area (Å²) in [6.07, 6.45) is 11.1. The first kappa shape index (κ1) is 14.1. The molecule has 20 heavy (non-hydrogen) atoms.